The summed E-state index contributed by atoms with van der Waals surface area (Å²) in [5, 5.41) is 0. The largest absolute Gasteiger partial charge is 0.466 e. The van der Waals surface area contributed by atoms with Gasteiger partial charge in [-0.2, -0.15) is 0 Å². The number of carbonyl (C=O) groups is 1. The van der Waals surface area contributed by atoms with Crippen molar-refractivity contribution in [3.05, 3.63) is 23.2 Å². The highest BCUT2D eigenvalue weighted by Crippen LogP contribution is 2.25. The van der Waals surface area contributed by atoms with Crippen molar-refractivity contribution in [2.75, 3.05) is 53.4 Å². The number of fused-ring (bicyclic) bond motifs is 1. The van der Waals surface area contributed by atoms with Crippen LogP contribution in [0, 0.1) is 13.8 Å². The van der Waals surface area contributed by atoms with E-state index in [9.17, 15) is 4.79 Å². The van der Waals surface area contributed by atoms with Crippen LogP contribution in [0.1, 0.15) is 34.7 Å². The first-order valence-corrected chi connectivity index (χ1v) is 9.32. The summed E-state index contributed by atoms with van der Waals surface area (Å²) in [6.07, 6.45) is 2.12. The molecule has 1 aromatic heterocycles. The Morgan fingerprint density at radius 1 is 1.24 bits per heavy atom. The van der Waals surface area contributed by atoms with Crippen LogP contribution >= 0.6 is 0 Å². The van der Waals surface area contributed by atoms with Gasteiger partial charge in [-0.15, -0.1) is 0 Å². The lowest BCUT2D eigenvalue weighted by Gasteiger charge is -2.40. The summed E-state index contributed by atoms with van der Waals surface area (Å²) in [5.41, 5.74) is 0.702. The second-order valence-corrected chi connectivity index (χ2v) is 7.51. The van der Waals surface area contributed by atoms with Gasteiger partial charge in [0.25, 0.3) is 5.91 Å². The number of nitrogens with zero attached hydrogens (tertiary/aromatic N) is 3. The molecule has 6 heteroatoms. The summed E-state index contributed by atoms with van der Waals surface area (Å²) < 4.78 is 11.6. The van der Waals surface area contributed by atoms with Gasteiger partial charge in [-0.3, -0.25) is 9.69 Å². The average molecular weight is 349 g/mol. The second kappa shape index (κ2) is 7.89. The number of hydrogen-bond donors (Lipinski definition) is 0. The number of amides is 1. The first-order chi connectivity index (χ1) is 12.0. The molecule has 3 heterocycles. The van der Waals surface area contributed by atoms with Gasteiger partial charge in [0.15, 0.2) is 0 Å². The lowest BCUT2D eigenvalue weighted by Crippen LogP contribution is -2.52. The van der Waals surface area contributed by atoms with Crippen molar-refractivity contribution in [3.8, 4) is 0 Å². The van der Waals surface area contributed by atoms with E-state index in [1.807, 2.05) is 24.8 Å². The van der Waals surface area contributed by atoms with Crippen LogP contribution in [0.15, 0.2) is 10.5 Å². The quantitative estimate of drug-likeness (QED) is 0.829. The number of furan rings is 1. The van der Waals surface area contributed by atoms with E-state index < -0.39 is 0 Å². The van der Waals surface area contributed by atoms with Crippen LogP contribution in [0.25, 0.3) is 0 Å². The summed E-state index contributed by atoms with van der Waals surface area (Å²) in [7, 11) is 4.22. The van der Waals surface area contributed by atoms with Crippen molar-refractivity contribution < 1.29 is 13.9 Å². The Bertz CT molecular complexity index is 599. The van der Waals surface area contributed by atoms with Crippen LogP contribution in [0.2, 0.25) is 0 Å². The van der Waals surface area contributed by atoms with E-state index in [0.717, 1.165) is 57.9 Å². The minimum Gasteiger partial charge on any atom is -0.466 e. The van der Waals surface area contributed by atoms with Crippen LogP contribution in [0.4, 0.5) is 0 Å². The van der Waals surface area contributed by atoms with Gasteiger partial charge in [-0.05, 0) is 46.9 Å². The van der Waals surface area contributed by atoms with Gasteiger partial charge < -0.3 is 19.0 Å². The Kier molecular flexibility index (Phi) is 5.81. The van der Waals surface area contributed by atoms with Crippen LogP contribution in [-0.4, -0.2) is 86.2 Å². The second-order valence-electron chi connectivity index (χ2n) is 7.51. The Hall–Kier alpha value is -1.37. The van der Waals surface area contributed by atoms with Crippen molar-refractivity contribution in [1.29, 1.82) is 0 Å². The van der Waals surface area contributed by atoms with E-state index in [1.54, 1.807) is 0 Å². The molecule has 0 radical (unpaired) electrons. The number of likely N-dealkylation sites (tertiary alicyclic amines) is 1. The summed E-state index contributed by atoms with van der Waals surface area (Å²) >= 11 is 0. The lowest BCUT2D eigenvalue weighted by molar-refractivity contribution is -0.0724. The minimum absolute atomic E-state index is 0.0906. The van der Waals surface area contributed by atoms with Gasteiger partial charge in [0.1, 0.15) is 11.5 Å². The number of carbonyl (C=O) groups excluding carboxylic acids is 1. The zero-order valence-electron chi connectivity index (χ0n) is 16.0. The fraction of sp³-hybridized carbons (Fsp3) is 0.737. The molecule has 0 aromatic carbocycles. The average Bonchev–Trinajstić information content (AvgIpc) is 2.79. The van der Waals surface area contributed by atoms with Crippen LogP contribution < -0.4 is 0 Å². The molecule has 2 atom stereocenters. The van der Waals surface area contributed by atoms with E-state index in [0.29, 0.717) is 17.4 Å². The molecule has 2 aliphatic rings. The Morgan fingerprint density at radius 3 is 2.68 bits per heavy atom. The highest BCUT2D eigenvalue weighted by atomic mass is 16.5. The van der Waals surface area contributed by atoms with E-state index in [1.165, 1.54) is 0 Å². The summed E-state index contributed by atoms with van der Waals surface area (Å²) in [6.45, 7) is 9.19. The number of hydrogen-bond acceptors (Lipinski definition) is 5. The summed E-state index contributed by atoms with van der Waals surface area (Å²) in [6, 6.07) is 2.27. The third kappa shape index (κ3) is 4.25. The monoisotopic (exact) mass is 349 g/mol. The molecular formula is C19H31N3O3. The zero-order chi connectivity index (χ0) is 18.0. The van der Waals surface area contributed by atoms with Crippen LogP contribution in [-0.2, 0) is 4.74 Å². The highest BCUT2D eigenvalue weighted by molar-refractivity contribution is 5.95. The lowest BCUT2D eigenvalue weighted by atomic mass is 10.0. The van der Waals surface area contributed by atoms with E-state index in [2.05, 4.69) is 23.9 Å². The number of ether oxygens (including phenoxy) is 1. The molecule has 0 bridgehead atoms. The smallest absolute Gasteiger partial charge is 0.257 e. The normalized spacial score (nSPS) is 25.1. The Labute approximate surface area is 150 Å². The maximum absolute atomic E-state index is 12.9. The van der Waals surface area contributed by atoms with Gasteiger partial charge >= 0.3 is 0 Å². The zero-order valence-corrected chi connectivity index (χ0v) is 16.0. The molecule has 0 saturated carbocycles. The summed E-state index contributed by atoms with van der Waals surface area (Å²) in [5.74, 6) is 1.60. The number of morpholine rings is 1. The van der Waals surface area contributed by atoms with Gasteiger partial charge in [0.2, 0.25) is 0 Å². The molecular weight excluding hydrogens is 318 g/mol. The predicted octanol–water partition coefficient (Wildman–Crippen LogP) is 1.76. The molecule has 6 nitrogen and oxygen atoms in total. The van der Waals surface area contributed by atoms with Crippen LogP contribution in [0.5, 0.6) is 0 Å². The van der Waals surface area contributed by atoms with E-state index >= 15 is 0 Å². The molecule has 2 aliphatic heterocycles. The Morgan fingerprint density at radius 2 is 2.00 bits per heavy atom. The van der Waals surface area contributed by atoms with E-state index in [-0.39, 0.29) is 12.0 Å². The van der Waals surface area contributed by atoms with Crippen molar-refractivity contribution in [3.63, 3.8) is 0 Å². The van der Waals surface area contributed by atoms with Crippen molar-refractivity contribution >= 4 is 5.91 Å². The van der Waals surface area contributed by atoms with Gasteiger partial charge in [-0.25, -0.2) is 0 Å². The first-order valence-electron chi connectivity index (χ1n) is 9.32. The third-order valence-electron chi connectivity index (χ3n) is 5.38. The highest BCUT2D eigenvalue weighted by Gasteiger charge is 2.36. The molecule has 0 spiro atoms. The molecule has 140 valence electrons. The minimum atomic E-state index is 0.0906. The van der Waals surface area contributed by atoms with Crippen molar-refractivity contribution in [2.24, 2.45) is 0 Å². The molecule has 25 heavy (non-hydrogen) atoms. The molecule has 0 aliphatic carbocycles. The number of aryl methyl sites for hydroxylation is 2. The fourth-order valence-corrected chi connectivity index (χ4v) is 3.98. The number of likely N-dealkylation sites (N-methyl/N-ethyl adjacent to an activating group) is 1. The topological polar surface area (TPSA) is 49.2 Å². The molecule has 0 unspecified atom stereocenters. The maximum Gasteiger partial charge on any atom is 0.257 e. The SMILES string of the molecule is Cc1cc(C(=O)N2CC[C@@H]3[C@@H](CC2)OCCN3CCN(C)C)c(C)o1. The van der Waals surface area contributed by atoms with E-state index in [4.69, 9.17) is 9.15 Å². The molecule has 2 fully saturated rings. The van der Waals surface area contributed by atoms with Gasteiger partial charge in [-0.1, -0.05) is 0 Å². The third-order valence-corrected chi connectivity index (χ3v) is 5.38. The molecule has 3 rings (SSSR count). The molecule has 1 amide bonds. The maximum atomic E-state index is 12.9. The predicted molar refractivity (Wildman–Crippen MR) is 97.0 cm³/mol. The molecule has 0 N–H and O–H groups in total. The van der Waals surface area contributed by atoms with Crippen molar-refractivity contribution in [2.45, 2.75) is 38.8 Å². The molecule has 1 aromatic rings. The van der Waals surface area contributed by atoms with Gasteiger partial charge in [0, 0.05) is 38.8 Å². The standard InChI is InChI=1S/C19H31N3O3/c1-14-13-16(15(2)25-14)19(23)22-7-5-17-18(6-8-22)24-12-11-21(17)10-9-20(3)4/h13,17-18H,5-12H2,1-4H3/t17-,18-/m1/s1. The van der Waals surface area contributed by atoms with Gasteiger partial charge in [0.05, 0.1) is 18.3 Å². The van der Waals surface area contributed by atoms with Crippen molar-refractivity contribution in [1.82, 2.24) is 14.7 Å². The van der Waals surface area contributed by atoms with Crippen LogP contribution in [0.3, 0.4) is 0 Å². The first kappa shape index (κ1) is 18.4. The fourth-order valence-electron chi connectivity index (χ4n) is 3.98. The summed E-state index contributed by atoms with van der Waals surface area (Å²) in [4.78, 5) is 19.6. The Balaban J connectivity index is 1.66. The molecule has 2 saturated heterocycles. The number of rotatable bonds is 4.